The van der Waals surface area contributed by atoms with Crippen LogP contribution in [0.2, 0.25) is 0 Å². The van der Waals surface area contributed by atoms with Crippen molar-refractivity contribution in [1.29, 1.82) is 0 Å². The molecule has 1 N–H and O–H groups in total. The Balaban J connectivity index is 3.48. The maximum absolute atomic E-state index is 10.9. The van der Waals surface area contributed by atoms with Crippen LogP contribution >= 0.6 is 0 Å². The quantitative estimate of drug-likeness (QED) is 0.446. The minimum Gasteiger partial charge on any atom is -0.481 e. The van der Waals surface area contributed by atoms with E-state index in [2.05, 4.69) is 6.58 Å². The first-order valence-corrected chi connectivity index (χ1v) is 6.43. The Morgan fingerprint density at radius 3 is 2.25 bits per heavy atom. The number of hydrogen-bond donors (Lipinski definition) is 1. The van der Waals surface area contributed by atoms with E-state index in [1.807, 2.05) is 19.9 Å². The zero-order chi connectivity index (χ0) is 12.4. The Labute approximate surface area is 99.7 Å². The number of unbranched alkanes of at least 4 members (excludes halogenated alkanes) is 5. The molecule has 0 aromatic carbocycles. The summed E-state index contributed by atoms with van der Waals surface area (Å²) in [5.74, 6) is -0.548. The highest BCUT2D eigenvalue weighted by atomic mass is 16.4. The number of allylic oxidation sites excluding steroid dienone is 1. The van der Waals surface area contributed by atoms with Crippen LogP contribution in [-0.4, -0.2) is 11.1 Å². The summed E-state index contributed by atoms with van der Waals surface area (Å²) < 4.78 is 0. The molecule has 0 spiro atoms. The molecule has 0 radical (unpaired) electrons. The predicted molar refractivity (Wildman–Crippen MR) is 68.5 cm³/mol. The molecule has 0 fully saturated rings. The number of hydrogen-bond acceptors (Lipinski definition) is 1. The van der Waals surface area contributed by atoms with E-state index in [-0.39, 0.29) is 11.8 Å². The number of carbonyl (C=O) groups is 1. The van der Waals surface area contributed by atoms with Gasteiger partial charge in [0, 0.05) is 0 Å². The van der Waals surface area contributed by atoms with Gasteiger partial charge in [-0.2, -0.15) is 0 Å². The Hall–Kier alpha value is -0.790. The molecule has 0 amide bonds. The lowest BCUT2D eigenvalue weighted by Crippen LogP contribution is -2.19. The van der Waals surface area contributed by atoms with Crippen LogP contribution in [0.5, 0.6) is 0 Å². The summed E-state index contributed by atoms with van der Waals surface area (Å²) in [6.45, 7) is 7.67. The van der Waals surface area contributed by atoms with Crippen LogP contribution in [0.1, 0.15) is 58.8 Å². The fraction of sp³-hybridized carbons (Fsp3) is 0.786. The molecule has 2 heteroatoms. The SMILES string of the molecule is C=CCCCCCCCC(C(=O)O)C(C)C. The molecule has 0 aromatic rings. The van der Waals surface area contributed by atoms with Crippen LogP contribution in [0.25, 0.3) is 0 Å². The Kier molecular flexibility index (Phi) is 8.97. The lowest BCUT2D eigenvalue weighted by molar-refractivity contribution is -0.143. The van der Waals surface area contributed by atoms with Crippen molar-refractivity contribution < 1.29 is 9.90 Å². The van der Waals surface area contributed by atoms with Gasteiger partial charge < -0.3 is 5.11 Å². The maximum atomic E-state index is 10.9. The van der Waals surface area contributed by atoms with Crippen molar-refractivity contribution in [2.75, 3.05) is 0 Å². The summed E-state index contributed by atoms with van der Waals surface area (Å²) >= 11 is 0. The second-order valence-corrected chi connectivity index (χ2v) is 4.82. The van der Waals surface area contributed by atoms with E-state index >= 15 is 0 Å². The van der Waals surface area contributed by atoms with E-state index in [1.54, 1.807) is 0 Å². The van der Waals surface area contributed by atoms with Gasteiger partial charge in [0.15, 0.2) is 0 Å². The van der Waals surface area contributed by atoms with Crippen LogP contribution in [-0.2, 0) is 4.79 Å². The summed E-state index contributed by atoms with van der Waals surface area (Å²) in [4.78, 5) is 10.9. The van der Waals surface area contributed by atoms with Crippen molar-refractivity contribution in [2.24, 2.45) is 11.8 Å². The molecule has 94 valence electrons. The standard InChI is InChI=1S/C14H26O2/c1-4-5-6-7-8-9-10-11-13(12(2)3)14(15)16/h4,12-13H,1,5-11H2,2-3H3,(H,15,16). The van der Waals surface area contributed by atoms with Crippen LogP contribution < -0.4 is 0 Å². The number of carboxylic acids is 1. The number of rotatable bonds is 10. The summed E-state index contributed by atoms with van der Waals surface area (Å²) in [6.07, 6.45) is 9.77. The zero-order valence-corrected chi connectivity index (χ0v) is 10.7. The molecule has 0 saturated carbocycles. The van der Waals surface area contributed by atoms with Gasteiger partial charge in [0.2, 0.25) is 0 Å². The van der Waals surface area contributed by atoms with Crippen molar-refractivity contribution in [3.05, 3.63) is 12.7 Å². The second-order valence-electron chi connectivity index (χ2n) is 4.82. The van der Waals surface area contributed by atoms with E-state index in [0.29, 0.717) is 0 Å². The third-order valence-corrected chi connectivity index (χ3v) is 3.05. The molecule has 0 heterocycles. The molecule has 0 rings (SSSR count). The van der Waals surface area contributed by atoms with E-state index in [9.17, 15) is 4.79 Å². The van der Waals surface area contributed by atoms with Crippen LogP contribution in [0, 0.1) is 11.8 Å². The highest BCUT2D eigenvalue weighted by molar-refractivity contribution is 5.70. The summed E-state index contributed by atoms with van der Waals surface area (Å²) in [6, 6.07) is 0. The molecular weight excluding hydrogens is 200 g/mol. The van der Waals surface area contributed by atoms with Crippen LogP contribution in [0.15, 0.2) is 12.7 Å². The van der Waals surface area contributed by atoms with Gasteiger partial charge in [0.1, 0.15) is 0 Å². The van der Waals surface area contributed by atoms with E-state index < -0.39 is 5.97 Å². The highest BCUT2D eigenvalue weighted by Crippen LogP contribution is 2.19. The fourth-order valence-electron chi connectivity index (χ4n) is 1.93. The first kappa shape index (κ1) is 15.2. The maximum Gasteiger partial charge on any atom is 0.306 e. The van der Waals surface area contributed by atoms with Gasteiger partial charge in [-0.05, 0) is 25.2 Å². The van der Waals surface area contributed by atoms with Crippen molar-refractivity contribution in [3.63, 3.8) is 0 Å². The van der Waals surface area contributed by atoms with Gasteiger partial charge >= 0.3 is 5.97 Å². The van der Waals surface area contributed by atoms with Crippen molar-refractivity contribution in [1.82, 2.24) is 0 Å². The van der Waals surface area contributed by atoms with E-state index in [0.717, 1.165) is 25.7 Å². The van der Waals surface area contributed by atoms with Gasteiger partial charge in [-0.3, -0.25) is 4.79 Å². The third-order valence-electron chi connectivity index (χ3n) is 3.05. The first-order valence-electron chi connectivity index (χ1n) is 6.43. The van der Waals surface area contributed by atoms with Crippen molar-refractivity contribution in [3.8, 4) is 0 Å². The monoisotopic (exact) mass is 226 g/mol. The fourth-order valence-corrected chi connectivity index (χ4v) is 1.93. The summed E-state index contributed by atoms with van der Waals surface area (Å²) in [5, 5.41) is 9.01. The van der Waals surface area contributed by atoms with Gasteiger partial charge in [0.25, 0.3) is 0 Å². The predicted octanol–water partition coefficient (Wildman–Crippen LogP) is 4.26. The Morgan fingerprint density at radius 2 is 1.75 bits per heavy atom. The lowest BCUT2D eigenvalue weighted by atomic mass is 9.90. The van der Waals surface area contributed by atoms with Crippen LogP contribution in [0.4, 0.5) is 0 Å². The normalized spacial score (nSPS) is 12.7. The number of carboxylic acid groups (broad SMARTS) is 1. The van der Waals surface area contributed by atoms with Gasteiger partial charge in [-0.15, -0.1) is 6.58 Å². The molecule has 2 nitrogen and oxygen atoms in total. The minimum atomic E-state index is -0.637. The van der Waals surface area contributed by atoms with Crippen LogP contribution in [0.3, 0.4) is 0 Å². The van der Waals surface area contributed by atoms with Gasteiger partial charge in [0.05, 0.1) is 5.92 Å². The molecule has 0 aromatic heterocycles. The molecule has 0 bridgehead atoms. The summed E-state index contributed by atoms with van der Waals surface area (Å²) in [7, 11) is 0. The topological polar surface area (TPSA) is 37.3 Å². The van der Waals surface area contributed by atoms with Gasteiger partial charge in [-0.25, -0.2) is 0 Å². The lowest BCUT2D eigenvalue weighted by Gasteiger charge is -2.15. The smallest absolute Gasteiger partial charge is 0.306 e. The minimum absolute atomic E-state index is 0.159. The first-order chi connectivity index (χ1) is 7.59. The molecule has 0 aliphatic carbocycles. The van der Waals surface area contributed by atoms with Crippen molar-refractivity contribution >= 4 is 5.97 Å². The van der Waals surface area contributed by atoms with Crippen molar-refractivity contribution in [2.45, 2.75) is 58.8 Å². The molecular formula is C14H26O2. The zero-order valence-electron chi connectivity index (χ0n) is 10.7. The molecule has 0 aliphatic heterocycles. The Bertz CT molecular complexity index is 197. The molecule has 1 atom stereocenters. The molecule has 0 saturated heterocycles. The van der Waals surface area contributed by atoms with E-state index in [4.69, 9.17) is 5.11 Å². The van der Waals surface area contributed by atoms with Gasteiger partial charge in [-0.1, -0.05) is 45.6 Å². The highest BCUT2D eigenvalue weighted by Gasteiger charge is 2.20. The molecule has 16 heavy (non-hydrogen) atoms. The van der Waals surface area contributed by atoms with E-state index in [1.165, 1.54) is 19.3 Å². The molecule has 1 unspecified atom stereocenters. The second kappa shape index (κ2) is 9.44. The average Bonchev–Trinajstić information content (AvgIpc) is 2.21. The molecule has 0 aliphatic rings. The largest absolute Gasteiger partial charge is 0.481 e. The Morgan fingerprint density at radius 1 is 1.19 bits per heavy atom. The summed E-state index contributed by atoms with van der Waals surface area (Å²) in [5.41, 5.74) is 0. The number of aliphatic carboxylic acids is 1. The third kappa shape index (κ3) is 7.49. The average molecular weight is 226 g/mol.